The maximum atomic E-state index is 11.5. The number of anilines is 1. The van der Waals surface area contributed by atoms with Crippen molar-refractivity contribution in [1.82, 2.24) is 10.3 Å². The number of hydrogen-bond acceptors (Lipinski definition) is 3. The molecule has 0 saturated heterocycles. The zero-order valence-corrected chi connectivity index (χ0v) is 13.6. The molecular weight excluding hydrogens is 306 g/mol. The first-order valence-electron chi connectivity index (χ1n) is 7.43. The van der Waals surface area contributed by atoms with E-state index in [-0.39, 0.29) is 6.03 Å². The highest BCUT2D eigenvalue weighted by atomic mass is 32.1. The monoisotopic (exact) mass is 323 g/mol. The number of benzene rings is 2. The van der Waals surface area contributed by atoms with E-state index in [4.69, 9.17) is 0 Å². The Hall–Kier alpha value is -2.66. The Morgan fingerprint density at radius 1 is 1.13 bits per heavy atom. The van der Waals surface area contributed by atoms with Gasteiger partial charge >= 0.3 is 6.03 Å². The topological polar surface area (TPSA) is 54.0 Å². The average Bonchev–Trinajstić information content (AvgIpc) is 2.95. The summed E-state index contributed by atoms with van der Waals surface area (Å²) in [5.41, 5.74) is 3.16. The van der Waals surface area contributed by atoms with Gasteiger partial charge in [0, 0.05) is 6.54 Å². The summed E-state index contributed by atoms with van der Waals surface area (Å²) in [4.78, 5) is 16.0. The van der Waals surface area contributed by atoms with E-state index in [1.807, 2.05) is 37.3 Å². The van der Waals surface area contributed by atoms with Gasteiger partial charge in [-0.15, -0.1) is 0 Å². The minimum Gasteiger partial charge on any atom is -0.338 e. The number of carbonyl (C=O) groups excluding carboxylic acids is 1. The normalized spacial score (nSPS) is 11.0. The first kappa shape index (κ1) is 15.2. The summed E-state index contributed by atoms with van der Waals surface area (Å²) in [6.45, 7) is 2.47. The molecule has 2 aromatic carbocycles. The Kier molecular flexibility index (Phi) is 4.68. The Bertz CT molecular complexity index is 840. The molecule has 3 aromatic rings. The molecule has 1 aromatic heterocycles. The average molecular weight is 323 g/mol. The van der Waals surface area contributed by atoms with Gasteiger partial charge in [-0.3, -0.25) is 5.32 Å². The molecule has 4 nitrogen and oxygen atoms in total. The highest BCUT2D eigenvalue weighted by Gasteiger charge is 2.06. The predicted molar refractivity (Wildman–Crippen MR) is 97.7 cm³/mol. The van der Waals surface area contributed by atoms with Crippen molar-refractivity contribution in [2.24, 2.45) is 0 Å². The zero-order valence-electron chi connectivity index (χ0n) is 12.7. The third kappa shape index (κ3) is 3.96. The van der Waals surface area contributed by atoms with E-state index < -0.39 is 0 Å². The van der Waals surface area contributed by atoms with Crippen molar-refractivity contribution in [3.8, 4) is 0 Å². The van der Waals surface area contributed by atoms with E-state index in [9.17, 15) is 4.79 Å². The van der Waals surface area contributed by atoms with Gasteiger partial charge in [0.2, 0.25) is 0 Å². The van der Waals surface area contributed by atoms with Crippen LogP contribution < -0.4 is 10.6 Å². The Morgan fingerprint density at radius 2 is 1.91 bits per heavy atom. The van der Waals surface area contributed by atoms with Crippen molar-refractivity contribution in [2.45, 2.75) is 6.92 Å². The SMILES string of the molecule is CCNC(=O)Nc1nc2ccc(/C=C\c3ccccc3)cc2s1. The fourth-order valence-electron chi connectivity index (χ4n) is 2.16. The lowest BCUT2D eigenvalue weighted by atomic mass is 10.1. The molecule has 1 heterocycles. The van der Waals surface area contributed by atoms with E-state index in [1.54, 1.807) is 0 Å². The lowest BCUT2D eigenvalue weighted by Crippen LogP contribution is -2.28. The molecule has 0 fully saturated rings. The smallest absolute Gasteiger partial charge is 0.321 e. The van der Waals surface area contributed by atoms with Crippen LogP contribution in [-0.2, 0) is 0 Å². The number of carbonyl (C=O) groups is 1. The first-order valence-corrected chi connectivity index (χ1v) is 8.25. The molecule has 0 atom stereocenters. The second-order valence-corrected chi connectivity index (χ2v) is 6.01. The molecular formula is C18H17N3OS. The molecule has 3 rings (SSSR count). The van der Waals surface area contributed by atoms with Crippen LogP contribution in [-0.4, -0.2) is 17.6 Å². The minimum atomic E-state index is -0.226. The molecule has 0 aliphatic carbocycles. The number of amides is 2. The molecule has 0 aliphatic heterocycles. The largest absolute Gasteiger partial charge is 0.338 e. The lowest BCUT2D eigenvalue weighted by molar-refractivity contribution is 0.252. The van der Waals surface area contributed by atoms with E-state index in [0.29, 0.717) is 11.7 Å². The van der Waals surface area contributed by atoms with E-state index in [2.05, 4.69) is 46.0 Å². The molecule has 0 spiro atoms. The van der Waals surface area contributed by atoms with E-state index in [1.165, 1.54) is 11.3 Å². The number of urea groups is 1. The number of hydrogen-bond donors (Lipinski definition) is 2. The summed E-state index contributed by atoms with van der Waals surface area (Å²) in [6.07, 6.45) is 4.15. The number of nitrogens with zero attached hydrogens (tertiary/aromatic N) is 1. The molecule has 0 saturated carbocycles. The molecule has 0 radical (unpaired) electrons. The Morgan fingerprint density at radius 3 is 2.70 bits per heavy atom. The molecule has 2 N–H and O–H groups in total. The standard InChI is InChI=1S/C18H17N3OS/c1-2-19-17(22)21-18-20-15-11-10-14(12-16(15)23-18)9-8-13-6-4-3-5-7-13/h3-12H,2H2,1H3,(H2,19,20,21,22)/b9-8-. The molecule has 5 heteroatoms. The lowest BCUT2D eigenvalue weighted by Gasteiger charge is -2.00. The van der Waals surface area contributed by atoms with Crippen LogP contribution in [0.15, 0.2) is 48.5 Å². The molecule has 23 heavy (non-hydrogen) atoms. The van der Waals surface area contributed by atoms with Gasteiger partial charge in [0.05, 0.1) is 10.2 Å². The summed E-state index contributed by atoms with van der Waals surface area (Å²) in [5.74, 6) is 0. The van der Waals surface area contributed by atoms with Crippen LogP contribution >= 0.6 is 11.3 Å². The van der Waals surface area contributed by atoms with Crippen LogP contribution in [0, 0.1) is 0 Å². The summed E-state index contributed by atoms with van der Waals surface area (Å²) in [5, 5.41) is 6.05. The first-order chi connectivity index (χ1) is 11.2. The van der Waals surface area contributed by atoms with Gasteiger partial charge in [-0.25, -0.2) is 9.78 Å². The summed E-state index contributed by atoms with van der Waals surface area (Å²) < 4.78 is 1.05. The maximum Gasteiger partial charge on any atom is 0.321 e. The minimum absolute atomic E-state index is 0.226. The van der Waals surface area contributed by atoms with Crippen LogP contribution in [0.4, 0.5) is 9.93 Å². The second kappa shape index (κ2) is 7.07. The van der Waals surface area contributed by atoms with Crippen LogP contribution in [0.2, 0.25) is 0 Å². The van der Waals surface area contributed by atoms with Crippen molar-refractivity contribution >= 4 is 44.9 Å². The van der Waals surface area contributed by atoms with Gasteiger partial charge in [0.1, 0.15) is 0 Å². The number of fused-ring (bicyclic) bond motifs is 1. The third-order valence-corrected chi connectivity index (χ3v) is 4.17. The van der Waals surface area contributed by atoms with Crippen LogP contribution in [0.5, 0.6) is 0 Å². The zero-order chi connectivity index (χ0) is 16.1. The second-order valence-electron chi connectivity index (χ2n) is 4.97. The Balaban J connectivity index is 1.79. The van der Waals surface area contributed by atoms with Crippen LogP contribution in [0.1, 0.15) is 18.1 Å². The molecule has 0 unspecified atom stereocenters. The highest BCUT2D eigenvalue weighted by Crippen LogP contribution is 2.27. The molecule has 0 aliphatic rings. The fourth-order valence-corrected chi connectivity index (χ4v) is 3.07. The summed E-state index contributed by atoms with van der Waals surface area (Å²) >= 11 is 1.47. The fraction of sp³-hybridized carbons (Fsp3) is 0.111. The molecule has 2 amide bonds. The van der Waals surface area contributed by atoms with Crippen molar-refractivity contribution in [1.29, 1.82) is 0 Å². The van der Waals surface area contributed by atoms with Crippen molar-refractivity contribution in [3.05, 3.63) is 59.7 Å². The highest BCUT2D eigenvalue weighted by molar-refractivity contribution is 7.22. The number of rotatable bonds is 4. The third-order valence-electron chi connectivity index (χ3n) is 3.24. The van der Waals surface area contributed by atoms with Crippen molar-refractivity contribution in [3.63, 3.8) is 0 Å². The van der Waals surface area contributed by atoms with Crippen molar-refractivity contribution in [2.75, 3.05) is 11.9 Å². The van der Waals surface area contributed by atoms with Gasteiger partial charge in [-0.05, 0) is 30.2 Å². The number of aromatic nitrogens is 1. The van der Waals surface area contributed by atoms with Gasteiger partial charge in [0.25, 0.3) is 0 Å². The number of thiazole rings is 1. The van der Waals surface area contributed by atoms with Crippen LogP contribution in [0.25, 0.3) is 22.4 Å². The summed E-state index contributed by atoms with van der Waals surface area (Å²) in [6, 6.07) is 16.0. The van der Waals surface area contributed by atoms with Crippen molar-refractivity contribution < 1.29 is 4.79 Å². The van der Waals surface area contributed by atoms with E-state index in [0.717, 1.165) is 21.3 Å². The molecule has 0 bridgehead atoms. The predicted octanol–water partition coefficient (Wildman–Crippen LogP) is 4.61. The number of nitrogens with one attached hydrogen (secondary N) is 2. The van der Waals surface area contributed by atoms with Gasteiger partial charge in [-0.1, -0.05) is 59.9 Å². The summed E-state index contributed by atoms with van der Waals surface area (Å²) in [7, 11) is 0. The van der Waals surface area contributed by atoms with Gasteiger partial charge < -0.3 is 5.32 Å². The van der Waals surface area contributed by atoms with Crippen LogP contribution in [0.3, 0.4) is 0 Å². The van der Waals surface area contributed by atoms with E-state index >= 15 is 0 Å². The van der Waals surface area contributed by atoms with Gasteiger partial charge in [0.15, 0.2) is 5.13 Å². The maximum absolute atomic E-state index is 11.5. The van der Waals surface area contributed by atoms with Gasteiger partial charge in [-0.2, -0.15) is 0 Å². The quantitative estimate of drug-likeness (QED) is 0.689. The molecule has 116 valence electrons. The Labute approximate surface area is 138 Å².